The van der Waals surface area contributed by atoms with Crippen molar-refractivity contribution in [1.29, 1.82) is 0 Å². The lowest BCUT2D eigenvalue weighted by Gasteiger charge is -2.18. The Balaban J connectivity index is 1.94. The number of halogens is 2. The maximum Gasteiger partial charge on any atom is 0.0595 e. The zero-order valence-electron chi connectivity index (χ0n) is 11.4. The predicted octanol–water partition coefficient (Wildman–Crippen LogP) is 4.64. The van der Waals surface area contributed by atoms with Crippen LogP contribution in [-0.2, 0) is 5.41 Å². The number of hydrogen-bond donors (Lipinski definition) is 1. The van der Waals surface area contributed by atoms with Crippen LogP contribution in [-0.4, -0.2) is 13.6 Å². The minimum Gasteiger partial charge on any atom is -0.319 e. The molecule has 2 aromatic rings. The van der Waals surface area contributed by atoms with Crippen molar-refractivity contribution in [3.8, 4) is 0 Å². The quantitative estimate of drug-likeness (QED) is 0.868. The fourth-order valence-corrected chi connectivity index (χ4v) is 3.48. The molecule has 0 saturated heterocycles. The summed E-state index contributed by atoms with van der Waals surface area (Å²) in [6, 6.07) is 16.7. The molecule has 1 aliphatic carbocycles. The maximum absolute atomic E-state index is 6.15. The first-order valence-corrected chi connectivity index (χ1v) is 7.58. The van der Waals surface area contributed by atoms with E-state index in [0.717, 1.165) is 13.0 Å². The molecule has 3 heteroatoms. The lowest BCUT2D eigenvalue weighted by atomic mass is 9.90. The van der Waals surface area contributed by atoms with Gasteiger partial charge in [0.2, 0.25) is 0 Å². The molecule has 1 aliphatic rings. The summed E-state index contributed by atoms with van der Waals surface area (Å²) in [4.78, 5) is 0. The standard InChI is InChI=1S/C17H17Cl2N/c1-20-11-17(13-5-3-2-4-6-13)10-14(17)12-7-8-15(18)16(19)9-12/h2-9,14,20H,10-11H2,1H3/t14-,17-/m0/s1. The van der Waals surface area contributed by atoms with Crippen LogP contribution in [0.5, 0.6) is 0 Å². The topological polar surface area (TPSA) is 12.0 Å². The van der Waals surface area contributed by atoms with E-state index in [4.69, 9.17) is 23.2 Å². The Bertz CT molecular complexity index is 612. The molecule has 0 radical (unpaired) electrons. The van der Waals surface area contributed by atoms with Gasteiger partial charge in [0.1, 0.15) is 0 Å². The van der Waals surface area contributed by atoms with Crippen LogP contribution in [0.1, 0.15) is 23.5 Å². The van der Waals surface area contributed by atoms with Crippen molar-refractivity contribution in [2.24, 2.45) is 0 Å². The van der Waals surface area contributed by atoms with E-state index >= 15 is 0 Å². The second-order valence-electron chi connectivity index (χ2n) is 5.48. The normalized spacial score (nSPS) is 24.6. The van der Waals surface area contributed by atoms with Crippen molar-refractivity contribution in [3.05, 3.63) is 69.7 Å². The van der Waals surface area contributed by atoms with Crippen LogP contribution in [0.3, 0.4) is 0 Å². The molecule has 0 aliphatic heterocycles. The summed E-state index contributed by atoms with van der Waals surface area (Å²) >= 11 is 12.2. The Morgan fingerprint density at radius 2 is 1.85 bits per heavy atom. The fraction of sp³-hybridized carbons (Fsp3) is 0.294. The SMILES string of the molecule is CNC[C@]1(c2ccccc2)C[C@H]1c1ccc(Cl)c(Cl)c1. The van der Waals surface area contributed by atoms with Crippen molar-refractivity contribution < 1.29 is 0 Å². The third-order valence-electron chi connectivity index (χ3n) is 4.26. The smallest absolute Gasteiger partial charge is 0.0595 e. The van der Waals surface area contributed by atoms with Crippen LogP contribution < -0.4 is 5.32 Å². The van der Waals surface area contributed by atoms with E-state index < -0.39 is 0 Å². The predicted molar refractivity (Wildman–Crippen MR) is 85.9 cm³/mol. The van der Waals surface area contributed by atoms with Gasteiger partial charge >= 0.3 is 0 Å². The molecule has 0 unspecified atom stereocenters. The first kappa shape index (κ1) is 13.9. The molecule has 1 N–H and O–H groups in total. The molecule has 0 bridgehead atoms. The van der Waals surface area contributed by atoms with E-state index in [9.17, 15) is 0 Å². The van der Waals surface area contributed by atoms with E-state index in [0.29, 0.717) is 16.0 Å². The number of benzene rings is 2. The summed E-state index contributed by atoms with van der Waals surface area (Å²) in [7, 11) is 2.01. The summed E-state index contributed by atoms with van der Waals surface area (Å²) in [6.45, 7) is 0.974. The average molecular weight is 306 g/mol. The number of nitrogens with one attached hydrogen (secondary N) is 1. The summed E-state index contributed by atoms with van der Waals surface area (Å²) < 4.78 is 0. The van der Waals surface area contributed by atoms with E-state index in [1.807, 2.05) is 19.2 Å². The Morgan fingerprint density at radius 1 is 1.10 bits per heavy atom. The van der Waals surface area contributed by atoms with Crippen molar-refractivity contribution in [3.63, 3.8) is 0 Å². The lowest BCUT2D eigenvalue weighted by Crippen LogP contribution is -2.25. The van der Waals surface area contributed by atoms with Gasteiger partial charge in [-0.15, -0.1) is 0 Å². The molecule has 1 saturated carbocycles. The molecule has 2 aromatic carbocycles. The monoisotopic (exact) mass is 305 g/mol. The highest BCUT2D eigenvalue weighted by Crippen LogP contribution is 2.60. The molecule has 0 aromatic heterocycles. The minimum absolute atomic E-state index is 0.188. The Labute approximate surface area is 129 Å². The van der Waals surface area contributed by atoms with Crippen molar-refractivity contribution in [2.45, 2.75) is 17.8 Å². The lowest BCUT2D eigenvalue weighted by molar-refractivity contribution is 0.605. The van der Waals surface area contributed by atoms with E-state index in [2.05, 4.69) is 41.7 Å². The molecule has 0 amide bonds. The zero-order chi connectivity index (χ0) is 14.2. The highest BCUT2D eigenvalue weighted by molar-refractivity contribution is 6.42. The molecule has 2 atom stereocenters. The molecule has 104 valence electrons. The molecule has 1 nitrogen and oxygen atoms in total. The van der Waals surface area contributed by atoms with Crippen molar-refractivity contribution in [1.82, 2.24) is 5.32 Å². The van der Waals surface area contributed by atoms with E-state index in [1.165, 1.54) is 11.1 Å². The molecule has 20 heavy (non-hydrogen) atoms. The summed E-state index contributed by atoms with van der Waals surface area (Å²) in [5.41, 5.74) is 2.86. The zero-order valence-corrected chi connectivity index (χ0v) is 12.9. The molecular formula is C17H17Cl2N. The number of likely N-dealkylation sites (N-methyl/N-ethyl adjacent to an activating group) is 1. The molecule has 1 fully saturated rings. The highest BCUT2D eigenvalue weighted by Gasteiger charge is 2.55. The Hall–Kier alpha value is -1.02. The van der Waals surface area contributed by atoms with Gasteiger partial charge in [-0.1, -0.05) is 59.6 Å². The van der Waals surface area contributed by atoms with Crippen LogP contribution in [0, 0.1) is 0 Å². The number of hydrogen-bond acceptors (Lipinski definition) is 1. The molecule has 0 spiro atoms. The average Bonchev–Trinajstić information content (AvgIpc) is 3.19. The minimum atomic E-state index is 0.188. The largest absolute Gasteiger partial charge is 0.319 e. The van der Waals surface area contributed by atoms with Gasteiger partial charge in [0.15, 0.2) is 0 Å². The van der Waals surface area contributed by atoms with Gasteiger partial charge in [-0.25, -0.2) is 0 Å². The van der Waals surface area contributed by atoms with Crippen LogP contribution in [0.4, 0.5) is 0 Å². The Morgan fingerprint density at radius 3 is 2.50 bits per heavy atom. The van der Waals surface area contributed by atoms with Crippen LogP contribution in [0.2, 0.25) is 10.0 Å². The van der Waals surface area contributed by atoms with Crippen LogP contribution in [0.15, 0.2) is 48.5 Å². The third kappa shape index (κ3) is 2.35. The van der Waals surface area contributed by atoms with Gasteiger partial charge in [0.25, 0.3) is 0 Å². The van der Waals surface area contributed by atoms with Crippen LogP contribution >= 0.6 is 23.2 Å². The first-order valence-electron chi connectivity index (χ1n) is 6.82. The summed E-state index contributed by atoms with van der Waals surface area (Å²) in [6.07, 6.45) is 1.15. The van der Waals surface area contributed by atoms with Gasteiger partial charge in [0, 0.05) is 12.0 Å². The number of rotatable bonds is 4. The van der Waals surface area contributed by atoms with E-state index in [1.54, 1.807) is 0 Å². The highest BCUT2D eigenvalue weighted by atomic mass is 35.5. The van der Waals surface area contributed by atoms with Gasteiger partial charge in [0.05, 0.1) is 10.0 Å². The first-order chi connectivity index (χ1) is 9.67. The van der Waals surface area contributed by atoms with E-state index in [-0.39, 0.29) is 5.41 Å². The fourth-order valence-electron chi connectivity index (χ4n) is 3.17. The molecule has 0 heterocycles. The second-order valence-corrected chi connectivity index (χ2v) is 6.30. The summed E-state index contributed by atoms with van der Waals surface area (Å²) in [5.74, 6) is 0.507. The third-order valence-corrected chi connectivity index (χ3v) is 5.00. The van der Waals surface area contributed by atoms with Gasteiger partial charge in [-0.2, -0.15) is 0 Å². The Kier molecular flexibility index (Phi) is 3.76. The summed E-state index contributed by atoms with van der Waals surface area (Å²) in [5, 5.41) is 4.60. The van der Waals surface area contributed by atoms with Gasteiger partial charge in [-0.3, -0.25) is 0 Å². The van der Waals surface area contributed by atoms with Gasteiger partial charge in [-0.05, 0) is 42.6 Å². The van der Waals surface area contributed by atoms with Crippen molar-refractivity contribution >= 4 is 23.2 Å². The molecular weight excluding hydrogens is 289 g/mol. The van der Waals surface area contributed by atoms with Crippen molar-refractivity contribution in [2.75, 3.05) is 13.6 Å². The molecule has 3 rings (SSSR count). The maximum atomic E-state index is 6.15. The van der Waals surface area contributed by atoms with Gasteiger partial charge < -0.3 is 5.32 Å². The van der Waals surface area contributed by atoms with Crippen LogP contribution in [0.25, 0.3) is 0 Å². The second kappa shape index (κ2) is 5.40.